The molecule has 1 aromatic rings. The maximum absolute atomic E-state index is 12.4. The molecule has 1 fully saturated rings. The van der Waals surface area contributed by atoms with Crippen molar-refractivity contribution in [1.29, 1.82) is 0 Å². The Balaban J connectivity index is 0.00000312. The van der Waals surface area contributed by atoms with Crippen LogP contribution in [0.3, 0.4) is 0 Å². The van der Waals surface area contributed by atoms with Crippen LogP contribution in [0.25, 0.3) is 0 Å². The van der Waals surface area contributed by atoms with E-state index in [4.69, 9.17) is 4.74 Å². The monoisotopic (exact) mass is 416 g/mol. The number of piperazine rings is 1. The number of halogens is 5. The Morgan fingerprint density at radius 1 is 1.27 bits per heavy atom. The first-order valence-corrected chi connectivity index (χ1v) is 7.83. The highest BCUT2D eigenvalue weighted by Gasteiger charge is 2.32. The summed E-state index contributed by atoms with van der Waals surface area (Å²) >= 11 is 0. The average molecular weight is 417 g/mol. The summed E-state index contributed by atoms with van der Waals surface area (Å²) in [6, 6.07) is 4.28. The number of nitrogens with zero attached hydrogens (tertiary/aromatic N) is 1. The lowest BCUT2D eigenvalue weighted by molar-refractivity contribution is -0.274. The lowest BCUT2D eigenvalue weighted by Crippen LogP contribution is -2.45. The number of hydrogen-bond donors (Lipinski definition) is 1. The Labute approximate surface area is 164 Å². The van der Waals surface area contributed by atoms with E-state index >= 15 is 0 Å². The number of ether oxygens (including phenoxy) is 2. The van der Waals surface area contributed by atoms with Crippen molar-refractivity contribution in [2.75, 3.05) is 33.3 Å². The molecular weight excluding hydrogens is 392 g/mol. The van der Waals surface area contributed by atoms with Crippen molar-refractivity contribution in [2.24, 2.45) is 0 Å². The van der Waals surface area contributed by atoms with Gasteiger partial charge in [0.05, 0.1) is 7.11 Å². The van der Waals surface area contributed by atoms with E-state index in [9.17, 15) is 13.2 Å². The quantitative estimate of drug-likeness (QED) is 0.698. The van der Waals surface area contributed by atoms with Crippen LogP contribution in [0.15, 0.2) is 30.4 Å². The molecule has 0 amide bonds. The molecule has 4 nitrogen and oxygen atoms in total. The molecular formula is C17H25Cl2F3N2O2. The molecule has 1 atom stereocenters. The van der Waals surface area contributed by atoms with E-state index in [1.165, 1.54) is 19.2 Å². The summed E-state index contributed by atoms with van der Waals surface area (Å²) < 4.78 is 46.5. The molecule has 1 saturated heterocycles. The fourth-order valence-corrected chi connectivity index (χ4v) is 2.92. The van der Waals surface area contributed by atoms with E-state index in [0.717, 1.165) is 43.7 Å². The predicted octanol–water partition coefficient (Wildman–Crippen LogP) is 4.35. The highest BCUT2D eigenvalue weighted by atomic mass is 35.5. The summed E-state index contributed by atoms with van der Waals surface area (Å²) in [6.07, 6.45) is -4.00. The smallest absolute Gasteiger partial charge is 0.496 e. The molecule has 0 spiro atoms. The summed E-state index contributed by atoms with van der Waals surface area (Å²) in [5.74, 6) is 0.110. The van der Waals surface area contributed by atoms with Gasteiger partial charge in [-0.15, -0.1) is 44.6 Å². The van der Waals surface area contributed by atoms with Crippen molar-refractivity contribution < 1.29 is 22.6 Å². The molecule has 150 valence electrons. The van der Waals surface area contributed by atoms with Crippen molar-refractivity contribution in [3.63, 3.8) is 0 Å². The maximum atomic E-state index is 12.4. The SMILES string of the molecule is C=C(C)C[C@@H](c1ccc(OC(F)(F)F)cc1OC)N1CCNCC1.Cl.Cl. The van der Waals surface area contributed by atoms with E-state index < -0.39 is 6.36 Å². The standard InChI is InChI=1S/C17H23F3N2O2.2ClH/c1-12(2)10-15(22-8-6-21-7-9-22)14-5-4-13(11-16(14)23-3)24-17(18,19)20;;/h4-5,11,15,21H,1,6-10H2,2-3H3;2*1H/t15-;;/m0../s1. The van der Waals surface area contributed by atoms with Crippen molar-refractivity contribution in [1.82, 2.24) is 10.2 Å². The molecule has 0 aliphatic carbocycles. The number of rotatable bonds is 6. The summed E-state index contributed by atoms with van der Waals surface area (Å²) in [5.41, 5.74) is 1.85. The average Bonchev–Trinajstić information content (AvgIpc) is 2.52. The summed E-state index contributed by atoms with van der Waals surface area (Å²) in [4.78, 5) is 2.30. The van der Waals surface area contributed by atoms with Crippen LogP contribution in [0, 0.1) is 0 Å². The minimum absolute atomic E-state index is 0. The number of hydrogen-bond acceptors (Lipinski definition) is 4. The van der Waals surface area contributed by atoms with Gasteiger partial charge in [0.25, 0.3) is 0 Å². The van der Waals surface area contributed by atoms with E-state index in [0.29, 0.717) is 5.75 Å². The second-order valence-electron chi connectivity index (χ2n) is 5.91. The van der Waals surface area contributed by atoms with Crippen molar-refractivity contribution in [3.05, 3.63) is 35.9 Å². The van der Waals surface area contributed by atoms with Crippen LogP contribution >= 0.6 is 24.8 Å². The molecule has 1 aliphatic rings. The van der Waals surface area contributed by atoms with E-state index in [-0.39, 0.29) is 36.6 Å². The first-order chi connectivity index (χ1) is 11.3. The van der Waals surface area contributed by atoms with Gasteiger partial charge in [-0.1, -0.05) is 11.6 Å². The normalized spacial score (nSPS) is 16.0. The largest absolute Gasteiger partial charge is 0.573 e. The van der Waals surface area contributed by atoms with Gasteiger partial charge in [-0.2, -0.15) is 0 Å². The number of nitrogens with one attached hydrogen (secondary N) is 1. The molecule has 0 aromatic heterocycles. The first-order valence-electron chi connectivity index (χ1n) is 7.83. The van der Waals surface area contributed by atoms with E-state index in [1.807, 2.05) is 6.92 Å². The molecule has 0 radical (unpaired) electrons. The van der Waals surface area contributed by atoms with Gasteiger partial charge >= 0.3 is 6.36 Å². The second-order valence-corrected chi connectivity index (χ2v) is 5.91. The highest BCUT2D eigenvalue weighted by molar-refractivity contribution is 5.85. The lowest BCUT2D eigenvalue weighted by Gasteiger charge is -2.36. The Kier molecular flexibility index (Phi) is 10.4. The van der Waals surface area contributed by atoms with Crippen LogP contribution in [0.2, 0.25) is 0 Å². The van der Waals surface area contributed by atoms with Gasteiger partial charge in [0.1, 0.15) is 11.5 Å². The fraction of sp³-hybridized carbons (Fsp3) is 0.529. The van der Waals surface area contributed by atoms with Crippen molar-refractivity contribution in [3.8, 4) is 11.5 Å². The minimum Gasteiger partial charge on any atom is -0.496 e. The number of alkyl halides is 3. The third kappa shape index (κ3) is 7.23. The van der Waals surface area contributed by atoms with Crippen LogP contribution < -0.4 is 14.8 Å². The van der Waals surface area contributed by atoms with Crippen molar-refractivity contribution in [2.45, 2.75) is 25.7 Å². The van der Waals surface area contributed by atoms with Crippen LogP contribution in [0.5, 0.6) is 11.5 Å². The Bertz CT molecular complexity index is 580. The van der Waals surface area contributed by atoms with Gasteiger partial charge in [-0.25, -0.2) is 0 Å². The van der Waals surface area contributed by atoms with Crippen LogP contribution in [-0.2, 0) is 0 Å². The molecule has 1 heterocycles. The lowest BCUT2D eigenvalue weighted by atomic mass is 9.97. The number of benzene rings is 1. The molecule has 1 aliphatic heterocycles. The van der Waals surface area contributed by atoms with Crippen LogP contribution in [0.1, 0.15) is 24.9 Å². The Morgan fingerprint density at radius 3 is 2.38 bits per heavy atom. The van der Waals surface area contributed by atoms with E-state index in [2.05, 4.69) is 21.5 Å². The van der Waals surface area contributed by atoms with Crippen LogP contribution in [-0.4, -0.2) is 44.6 Å². The zero-order valence-electron chi connectivity index (χ0n) is 14.8. The fourth-order valence-electron chi connectivity index (χ4n) is 2.92. The third-order valence-corrected chi connectivity index (χ3v) is 3.93. The summed E-state index contributed by atoms with van der Waals surface area (Å²) in [6.45, 7) is 9.41. The van der Waals surface area contributed by atoms with Gasteiger partial charge in [0.2, 0.25) is 0 Å². The molecule has 2 rings (SSSR count). The maximum Gasteiger partial charge on any atom is 0.573 e. The Morgan fingerprint density at radius 2 is 1.88 bits per heavy atom. The van der Waals surface area contributed by atoms with Crippen LogP contribution in [0.4, 0.5) is 13.2 Å². The van der Waals surface area contributed by atoms with Gasteiger partial charge in [-0.05, 0) is 19.4 Å². The molecule has 0 unspecified atom stereocenters. The van der Waals surface area contributed by atoms with Gasteiger partial charge in [0, 0.05) is 43.9 Å². The zero-order chi connectivity index (χ0) is 17.7. The topological polar surface area (TPSA) is 33.7 Å². The van der Waals surface area contributed by atoms with Crippen molar-refractivity contribution >= 4 is 24.8 Å². The molecule has 26 heavy (non-hydrogen) atoms. The third-order valence-electron chi connectivity index (χ3n) is 3.93. The molecule has 9 heteroatoms. The van der Waals surface area contributed by atoms with Gasteiger partial charge in [0.15, 0.2) is 0 Å². The highest BCUT2D eigenvalue weighted by Crippen LogP contribution is 2.37. The predicted molar refractivity (Wildman–Crippen MR) is 101 cm³/mol. The molecule has 1 aromatic carbocycles. The van der Waals surface area contributed by atoms with E-state index in [1.54, 1.807) is 6.07 Å². The summed E-state index contributed by atoms with van der Waals surface area (Å²) in [7, 11) is 1.45. The molecule has 1 N–H and O–H groups in total. The molecule has 0 bridgehead atoms. The zero-order valence-corrected chi connectivity index (χ0v) is 16.4. The van der Waals surface area contributed by atoms with Gasteiger partial charge in [-0.3, -0.25) is 4.90 Å². The number of methoxy groups -OCH3 is 1. The Hall–Kier alpha value is -1.15. The van der Waals surface area contributed by atoms with Gasteiger partial charge < -0.3 is 14.8 Å². The first kappa shape index (κ1) is 24.8. The molecule has 0 saturated carbocycles. The summed E-state index contributed by atoms with van der Waals surface area (Å²) in [5, 5.41) is 3.30. The second kappa shape index (κ2) is 10.9. The minimum atomic E-state index is -4.72.